The number of anilines is 1. The first-order chi connectivity index (χ1) is 21.9. The molecule has 1 amide bonds. The molecule has 3 aromatic carbocycles. The Morgan fingerprint density at radius 2 is 1.72 bits per heavy atom. The van der Waals surface area contributed by atoms with Crippen LogP contribution in [0.3, 0.4) is 0 Å². The fourth-order valence-corrected chi connectivity index (χ4v) is 6.85. The summed E-state index contributed by atoms with van der Waals surface area (Å²) in [5.41, 5.74) is 3.58. The Hall–Kier alpha value is -3.35. The molecule has 0 spiro atoms. The van der Waals surface area contributed by atoms with Gasteiger partial charge in [0.1, 0.15) is 23.1 Å². The third kappa shape index (κ3) is 8.32. The number of ether oxygens (including phenoxy) is 2. The van der Waals surface area contributed by atoms with E-state index in [0.717, 1.165) is 28.7 Å². The van der Waals surface area contributed by atoms with Crippen LogP contribution in [0.1, 0.15) is 100 Å². The van der Waals surface area contributed by atoms with Gasteiger partial charge in [0.15, 0.2) is 5.60 Å². The number of aryl methyl sites for hydroxylation is 1. The van der Waals surface area contributed by atoms with Crippen molar-refractivity contribution < 1.29 is 23.0 Å². The number of carbonyl (C=O) groups is 1. The quantitative estimate of drug-likeness (QED) is 0.0936. The smallest absolute Gasteiger partial charge is 0.211 e. The van der Waals surface area contributed by atoms with Crippen molar-refractivity contribution in [2.24, 2.45) is 0 Å². The first-order valence-electron chi connectivity index (χ1n) is 15.7. The lowest BCUT2D eigenvalue weighted by atomic mass is 9.69. The summed E-state index contributed by atoms with van der Waals surface area (Å²) in [6.45, 7) is 16.2. The van der Waals surface area contributed by atoms with Crippen LogP contribution < -0.4 is 10.1 Å². The largest absolute Gasteiger partial charge is 0.497 e. The Labute approximate surface area is 282 Å². The molecule has 0 radical (unpaired) electrons. The summed E-state index contributed by atoms with van der Waals surface area (Å²) in [4.78, 5) is 11.8. The fourth-order valence-electron chi connectivity index (χ4n) is 6.51. The highest BCUT2D eigenvalue weighted by molar-refractivity contribution is 6.31. The number of allylic oxidation sites excluding steroid dienone is 2. The second-order valence-electron chi connectivity index (χ2n) is 11.8. The minimum absolute atomic E-state index is 0.124. The molecule has 4 nitrogen and oxygen atoms in total. The van der Waals surface area contributed by atoms with Crippen molar-refractivity contribution in [3.8, 4) is 5.75 Å². The minimum atomic E-state index is -0.826. The molecular weight excluding hydrogens is 627 g/mol. The number of nitrogens with one attached hydrogen (secondary N) is 1. The molecule has 46 heavy (non-hydrogen) atoms. The van der Waals surface area contributed by atoms with Crippen molar-refractivity contribution in [1.29, 1.82) is 0 Å². The van der Waals surface area contributed by atoms with E-state index in [0.29, 0.717) is 53.5 Å². The molecule has 0 aromatic heterocycles. The summed E-state index contributed by atoms with van der Waals surface area (Å²) in [6.07, 6.45) is 5.23. The van der Waals surface area contributed by atoms with Crippen molar-refractivity contribution in [2.75, 3.05) is 12.4 Å². The van der Waals surface area contributed by atoms with Gasteiger partial charge in [-0.15, -0.1) is 0 Å². The molecule has 3 unspecified atom stereocenters. The predicted molar refractivity (Wildman–Crippen MR) is 186 cm³/mol. The lowest BCUT2D eigenvalue weighted by Crippen LogP contribution is -2.38. The molecule has 0 saturated heterocycles. The summed E-state index contributed by atoms with van der Waals surface area (Å²) < 4.78 is 42.7. The summed E-state index contributed by atoms with van der Waals surface area (Å²) in [5.74, 6) is -1.20. The molecule has 0 fully saturated rings. The van der Waals surface area contributed by atoms with Gasteiger partial charge in [-0.1, -0.05) is 75.2 Å². The zero-order chi connectivity index (χ0) is 34.2. The van der Waals surface area contributed by atoms with E-state index in [1.54, 1.807) is 19.2 Å². The van der Waals surface area contributed by atoms with E-state index in [1.807, 2.05) is 39.8 Å². The highest BCUT2D eigenvalue weighted by Crippen LogP contribution is 2.52. The SMILES string of the molecule is C=C(OC)C(CC)(CC)Oc1ccc(Cl)cc1C(C/C(C)=C\CC)C(c1cc(F)c(Cl)cc1NC=O)C(C)c1cc(F)ccc1C. The zero-order valence-electron chi connectivity index (χ0n) is 27.8. The molecule has 0 bridgehead atoms. The van der Waals surface area contributed by atoms with E-state index in [9.17, 15) is 9.18 Å². The standard InChI is InChI=1S/C38H45Cl2F2NO3/c1-9-12-23(4)17-31(30-18-27(39)14-16-36(30)46-38(10-2,11-3)26(7)45-8)37(25(6)29-19-28(41)15-13-24(29)5)32-20-34(42)33(40)21-35(32)43-22-44/h12-16,18-22,25,31,37H,7,9-11,17H2,1-6,8H3,(H,43,44)/b23-12-. The Kier molecular flexibility index (Phi) is 13.3. The highest BCUT2D eigenvalue weighted by atomic mass is 35.5. The summed E-state index contributed by atoms with van der Waals surface area (Å²) in [6, 6.07) is 13.0. The topological polar surface area (TPSA) is 47.6 Å². The predicted octanol–water partition coefficient (Wildman–Crippen LogP) is 11.7. The van der Waals surface area contributed by atoms with Crippen LogP contribution in [0.5, 0.6) is 5.75 Å². The van der Waals surface area contributed by atoms with E-state index in [1.165, 1.54) is 24.3 Å². The molecule has 0 saturated carbocycles. The van der Waals surface area contributed by atoms with E-state index >= 15 is 4.39 Å². The number of halogens is 4. The maximum Gasteiger partial charge on any atom is 0.211 e. The summed E-state index contributed by atoms with van der Waals surface area (Å²) >= 11 is 12.9. The average molecular weight is 673 g/mol. The van der Waals surface area contributed by atoms with Gasteiger partial charge in [-0.2, -0.15) is 0 Å². The lowest BCUT2D eigenvalue weighted by molar-refractivity contribution is -0.105. The number of amides is 1. The van der Waals surface area contributed by atoms with Crippen molar-refractivity contribution >= 4 is 35.3 Å². The molecule has 0 aliphatic rings. The third-order valence-corrected chi connectivity index (χ3v) is 9.56. The molecule has 3 aromatic rings. The summed E-state index contributed by atoms with van der Waals surface area (Å²) in [5, 5.41) is 3.11. The lowest BCUT2D eigenvalue weighted by Gasteiger charge is -2.38. The highest BCUT2D eigenvalue weighted by Gasteiger charge is 2.38. The van der Waals surface area contributed by atoms with Gasteiger partial charge < -0.3 is 14.8 Å². The van der Waals surface area contributed by atoms with Crippen LogP contribution in [-0.4, -0.2) is 19.1 Å². The van der Waals surface area contributed by atoms with Gasteiger partial charge in [-0.3, -0.25) is 4.79 Å². The van der Waals surface area contributed by atoms with Crippen LogP contribution in [0.2, 0.25) is 10.0 Å². The maximum absolute atomic E-state index is 15.4. The van der Waals surface area contributed by atoms with Gasteiger partial charge in [-0.25, -0.2) is 8.78 Å². The molecule has 0 heterocycles. The molecule has 0 aliphatic carbocycles. The van der Waals surface area contributed by atoms with Crippen LogP contribution in [0.25, 0.3) is 0 Å². The Morgan fingerprint density at radius 3 is 2.33 bits per heavy atom. The summed E-state index contributed by atoms with van der Waals surface area (Å²) in [7, 11) is 1.58. The molecular formula is C38H45Cl2F2NO3. The van der Waals surface area contributed by atoms with Crippen LogP contribution in [0.4, 0.5) is 14.5 Å². The number of hydrogen-bond acceptors (Lipinski definition) is 3. The Morgan fingerprint density at radius 1 is 1.02 bits per heavy atom. The van der Waals surface area contributed by atoms with E-state index in [2.05, 4.69) is 31.8 Å². The number of hydrogen-bond donors (Lipinski definition) is 1. The molecule has 3 rings (SSSR count). The van der Waals surface area contributed by atoms with Crippen molar-refractivity contribution in [1.82, 2.24) is 0 Å². The van der Waals surface area contributed by atoms with Gasteiger partial charge >= 0.3 is 0 Å². The molecule has 0 aliphatic heterocycles. The van der Waals surface area contributed by atoms with Gasteiger partial charge in [-0.05, 0) is 122 Å². The minimum Gasteiger partial charge on any atom is -0.497 e. The van der Waals surface area contributed by atoms with Gasteiger partial charge in [0, 0.05) is 10.7 Å². The van der Waals surface area contributed by atoms with E-state index in [4.69, 9.17) is 32.7 Å². The van der Waals surface area contributed by atoms with Crippen LogP contribution in [0.15, 0.2) is 72.5 Å². The van der Waals surface area contributed by atoms with Crippen molar-refractivity contribution in [2.45, 2.75) is 90.6 Å². The van der Waals surface area contributed by atoms with Crippen molar-refractivity contribution in [3.05, 3.63) is 116 Å². The molecule has 8 heteroatoms. The molecule has 248 valence electrons. The van der Waals surface area contributed by atoms with Gasteiger partial charge in [0.05, 0.1) is 12.1 Å². The zero-order valence-corrected chi connectivity index (χ0v) is 29.3. The Balaban J connectivity index is 2.47. The Bertz CT molecular complexity index is 1570. The normalized spacial score (nSPS) is 13.9. The second kappa shape index (κ2) is 16.5. The van der Waals surface area contributed by atoms with Crippen LogP contribution in [0, 0.1) is 18.6 Å². The maximum atomic E-state index is 15.4. The van der Waals surface area contributed by atoms with Crippen LogP contribution in [-0.2, 0) is 9.53 Å². The van der Waals surface area contributed by atoms with Gasteiger partial charge in [0.25, 0.3) is 0 Å². The third-order valence-electron chi connectivity index (χ3n) is 9.04. The van der Waals surface area contributed by atoms with Crippen molar-refractivity contribution in [3.63, 3.8) is 0 Å². The van der Waals surface area contributed by atoms with E-state index in [-0.39, 0.29) is 22.7 Å². The fraction of sp³-hybridized carbons (Fsp3) is 0.395. The van der Waals surface area contributed by atoms with E-state index < -0.39 is 17.3 Å². The van der Waals surface area contributed by atoms with Crippen LogP contribution >= 0.6 is 23.2 Å². The second-order valence-corrected chi connectivity index (χ2v) is 12.7. The molecule has 3 atom stereocenters. The number of rotatable bonds is 16. The average Bonchev–Trinajstić information content (AvgIpc) is 3.03. The monoisotopic (exact) mass is 671 g/mol. The first kappa shape index (κ1) is 37.1. The first-order valence-corrected chi connectivity index (χ1v) is 16.4. The van der Waals surface area contributed by atoms with Gasteiger partial charge in [0.2, 0.25) is 6.41 Å². The number of benzene rings is 3. The number of carbonyl (C=O) groups excluding carboxylic acids is 1. The number of methoxy groups -OCH3 is 1. The molecule has 1 N–H and O–H groups in total.